The lowest BCUT2D eigenvalue weighted by molar-refractivity contribution is 1.08. The van der Waals surface area contributed by atoms with Crippen LogP contribution in [0, 0.1) is 22.7 Å². The van der Waals surface area contributed by atoms with E-state index in [0.29, 0.717) is 16.8 Å². The maximum atomic E-state index is 12.5. The molecule has 2 aliphatic heterocycles. The number of para-hydroxylation sites is 4. The van der Waals surface area contributed by atoms with Gasteiger partial charge in [-0.1, -0.05) is 243 Å². The summed E-state index contributed by atoms with van der Waals surface area (Å²) in [6.07, 6.45) is 0. The molecule has 5 nitrogen and oxygen atoms in total. The lowest BCUT2D eigenvalue weighted by atomic mass is 9.34. The van der Waals surface area contributed by atoms with Crippen LogP contribution in [0.3, 0.4) is 0 Å². The number of rotatable bonds is 5. The average Bonchev–Trinajstić information content (AvgIpc) is 1.39. The van der Waals surface area contributed by atoms with Gasteiger partial charge >= 0.3 is 0 Å². The van der Waals surface area contributed by atoms with Crippen LogP contribution >= 0.6 is 0 Å². The number of hydrogen-bond donors (Lipinski definition) is 0. The molecule has 0 bridgehead atoms. The summed E-state index contributed by atoms with van der Waals surface area (Å²) < 4.78 is 7.01. The number of aromatic nitrogens is 3. The largest absolute Gasteiger partial charge is 0.309 e. The first-order valence-electron chi connectivity index (χ1n) is 30.8. The van der Waals surface area contributed by atoms with E-state index in [-0.39, 0.29) is 6.71 Å². The van der Waals surface area contributed by atoms with Gasteiger partial charge in [-0.3, -0.25) is 0 Å². The Morgan fingerprint density at radius 1 is 0.244 bits per heavy atom. The van der Waals surface area contributed by atoms with Gasteiger partial charge in [0.05, 0.1) is 39.1 Å². The molecule has 0 N–H and O–H groups in total. The fraction of sp³-hybridized carbons (Fsp3) is 0. The molecule has 0 amide bonds. The van der Waals surface area contributed by atoms with E-state index in [0.717, 1.165) is 137 Å². The smallest absolute Gasteiger partial charge is 0.252 e. The fourth-order valence-corrected chi connectivity index (χ4v) is 16.7. The Bertz CT molecular complexity index is 5870. The van der Waals surface area contributed by atoms with Crippen molar-refractivity contribution in [3.63, 3.8) is 0 Å². The van der Waals surface area contributed by atoms with E-state index < -0.39 is 0 Å². The molecule has 0 fully saturated rings. The summed E-state index contributed by atoms with van der Waals surface area (Å²) >= 11 is 0. The summed E-state index contributed by atoms with van der Waals surface area (Å²) in [4.78, 5) is 0. The molecule has 0 spiro atoms. The molecule has 0 radical (unpaired) electrons. The zero-order valence-electron chi connectivity index (χ0n) is 48.4. The second-order valence-corrected chi connectivity index (χ2v) is 24.3. The number of fused-ring (bicyclic) bond motifs is 17. The highest BCUT2D eigenvalue weighted by Crippen LogP contribution is 2.50. The minimum atomic E-state index is -0.275. The first kappa shape index (κ1) is 49.0. The van der Waals surface area contributed by atoms with E-state index >= 15 is 0 Å². The Kier molecular flexibility index (Phi) is 9.89. The summed E-state index contributed by atoms with van der Waals surface area (Å²) in [7, 11) is 0. The molecule has 20 rings (SSSR count). The molecule has 90 heavy (non-hydrogen) atoms. The van der Waals surface area contributed by atoms with Crippen molar-refractivity contribution < 1.29 is 0 Å². The van der Waals surface area contributed by atoms with Crippen LogP contribution in [0.2, 0.25) is 0 Å². The van der Waals surface area contributed by atoms with Crippen LogP contribution in [-0.4, -0.2) is 20.4 Å². The Hall–Kier alpha value is -12.2. The molecule has 0 atom stereocenters. The van der Waals surface area contributed by atoms with Crippen LogP contribution in [0.25, 0.3) is 170 Å². The predicted molar refractivity (Wildman–Crippen MR) is 375 cm³/mol. The second kappa shape index (κ2) is 18.2. The van der Waals surface area contributed by atoms with Crippen molar-refractivity contribution in [1.82, 2.24) is 13.7 Å². The molecule has 18 aromatic rings. The van der Waals surface area contributed by atoms with Gasteiger partial charge in [0.25, 0.3) is 6.71 Å². The highest BCUT2D eigenvalue weighted by Gasteiger charge is 2.45. The van der Waals surface area contributed by atoms with Crippen LogP contribution < -0.4 is 16.4 Å². The Morgan fingerprint density at radius 2 is 0.556 bits per heavy atom. The van der Waals surface area contributed by atoms with Gasteiger partial charge in [-0.25, -0.2) is 0 Å². The maximum Gasteiger partial charge on any atom is 0.252 e. The van der Waals surface area contributed by atoms with Gasteiger partial charge in [-0.2, -0.15) is 10.5 Å². The van der Waals surface area contributed by atoms with Gasteiger partial charge in [0.2, 0.25) is 0 Å². The number of nitrogens with zero attached hydrogens (tertiary/aromatic N) is 5. The maximum absolute atomic E-state index is 12.5. The number of benzene rings is 15. The van der Waals surface area contributed by atoms with Gasteiger partial charge in [0.15, 0.2) is 0 Å². The first-order chi connectivity index (χ1) is 44.7. The van der Waals surface area contributed by atoms with E-state index in [1.165, 1.54) is 43.8 Å². The van der Waals surface area contributed by atoms with Crippen molar-refractivity contribution in [2.24, 2.45) is 0 Å². The molecular weight excluding hydrogens is 1090 g/mol. The molecule has 15 aromatic carbocycles. The molecule has 3 aromatic heterocycles. The first-order valence-corrected chi connectivity index (χ1v) is 30.8. The average molecular weight is 1140 g/mol. The lowest BCUT2D eigenvalue weighted by Crippen LogP contribution is -2.60. The van der Waals surface area contributed by atoms with Crippen LogP contribution in [0.5, 0.6) is 0 Å². The number of hydrogen-bond acceptors (Lipinski definition) is 2. The van der Waals surface area contributed by atoms with Crippen LogP contribution in [0.4, 0.5) is 0 Å². The lowest BCUT2D eigenvalue weighted by Gasteiger charge is -2.35. The summed E-state index contributed by atoms with van der Waals surface area (Å²) in [5, 5.41) is 40.9. The third-order valence-corrected chi connectivity index (χ3v) is 20.0. The van der Waals surface area contributed by atoms with Crippen molar-refractivity contribution >= 4 is 132 Å². The molecule has 0 aliphatic carbocycles. The van der Waals surface area contributed by atoms with E-state index in [4.69, 9.17) is 0 Å². The van der Waals surface area contributed by atoms with Crippen LogP contribution in [0.15, 0.2) is 279 Å². The monoisotopic (exact) mass is 1140 g/mol. The summed E-state index contributed by atoms with van der Waals surface area (Å²) in [6, 6.07) is 107. The minimum absolute atomic E-state index is 0.275. The third-order valence-electron chi connectivity index (χ3n) is 20.0. The van der Waals surface area contributed by atoms with Crippen molar-refractivity contribution in [2.75, 3.05) is 0 Å². The predicted octanol–water partition coefficient (Wildman–Crippen LogP) is 19.1. The molecular formula is C84H46BN5. The summed E-state index contributed by atoms with van der Waals surface area (Å²) in [5.74, 6) is 0. The molecule has 410 valence electrons. The summed E-state index contributed by atoms with van der Waals surface area (Å²) in [5.41, 5.74) is 21.6. The van der Waals surface area contributed by atoms with Gasteiger partial charge in [0.1, 0.15) is 23.3 Å². The van der Waals surface area contributed by atoms with Crippen molar-refractivity contribution in [3.05, 3.63) is 290 Å². The van der Waals surface area contributed by atoms with Gasteiger partial charge in [-0.15, -0.1) is 0 Å². The number of nitriles is 2. The van der Waals surface area contributed by atoms with E-state index in [2.05, 4.69) is 305 Å². The van der Waals surface area contributed by atoms with E-state index in [1.807, 2.05) is 0 Å². The SMILES string of the molecule is N#Cc1c(-n2c3ccc(-c4c5ccccc5c(-c5ccccc5)c5ccccc45)cc3c3cc(-c4c5ccccc5c(-c5ccccc5)c5ccccc45)ccc32)c(C#N)c2c3c1-n1c4ccccc4c4cccc(c41)B3c1cccc3c4ccccc4n-2c13. The standard InChI is InChI=1S/C84H46BN5/c86-47-67-80(68(48-87)84-79-83(67)89-71-39-17-15-25-53(71)63-35-19-37-69(81(63)89)85(79)70-38-20-36-64-54-26-16-18-40-72(54)90(84)82(64)70)88-73-43-41-51(77-59-31-11-7-27-55(59)75(49-21-3-1-4-22-49)56-28-8-12-32-60(56)77)45-65(73)66-46-52(42-44-74(66)88)78-61-33-13-9-29-57(61)76(50-23-5-2-6-24-50)58-30-10-14-34-62(58)78/h1-46H. The van der Waals surface area contributed by atoms with Gasteiger partial charge in [0, 0.05) is 43.4 Å². The van der Waals surface area contributed by atoms with Crippen molar-refractivity contribution in [2.45, 2.75) is 0 Å². The van der Waals surface area contributed by atoms with E-state index in [1.54, 1.807) is 0 Å². The quantitative estimate of drug-likeness (QED) is 0.127. The topological polar surface area (TPSA) is 62.4 Å². The molecule has 0 saturated heterocycles. The normalized spacial score (nSPS) is 12.4. The van der Waals surface area contributed by atoms with Crippen LogP contribution in [0.1, 0.15) is 11.1 Å². The zero-order valence-corrected chi connectivity index (χ0v) is 48.4. The molecule has 0 unspecified atom stereocenters. The molecule has 0 saturated carbocycles. The van der Waals surface area contributed by atoms with Crippen molar-refractivity contribution in [3.8, 4) is 73.7 Å². The Morgan fingerprint density at radius 3 is 0.922 bits per heavy atom. The second-order valence-electron chi connectivity index (χ2n) is 24.3. The third kappa shape index (κ3) is 6.28. The zero-order chi connectivity index (χ0) is 59.0. The summed E-state index contributed by atoms with van der Waals surface area (Å²) in [6.45, 7) is -0.275. The Labute approximate surface area is 516 Å². The van der Waals surface area contributed by atoms with Crippen LogP contribution in [-0.2, 0) is 0 Å². The van der Waals surface area contributed by atoms with Gasteiger partial charge < -0.3 is 13.7 Å². The Balaban J connectivity index is 0.960. The van der Waals surface area contributed by atoms with Crippen molar-refractivity contribution in [1.29, 1.82) is 10.5 Å². The molecule has 5 heterocycles. The highest BCUT2D eigenvalue weighted by atomic mass is 15.1. The highest BCUT2D eigenvalue weighted by molar-refractivity contribution is 7.00. The minimum Gasteiger partial charge on any atom is -0.309 e. The fourth-order valence-electron chi connectivity index (χ4n) is 16.7. The van der Waals surface area contributed by atoms with E-state index in [9.17, 15) is 10.5 Å². The van der Waals surface area contributed by atoms with Gasteiger partial charge in [-0.05, 0) is 140 Å². The molecule has 6 heteroatoms. The molecule has 2 aliphatic rings.